The number of carbonyl (C=O) groups is 5. The normalized spacial score (nSPS) is 18.4. The number of aliphatic imine (C=N–C) groups is 1. The number of benzene rings is 1. The maximum absolute atomic E-state index is 13.9. The van der Waals surface area contributed by atoms with E-state index in [1.807, 2.05) is 0 Å². The molecule has 15 heteroatoms. The average Bonchev–Trinajstić information content (AvgIpc) is 3.65. The Bertz CT molecular complexity index is 1430. The number of nitrogens with one attached hydrogen (secondary N) is 2. The highest BCUT2D eigenvalue weighted by Crippen LogP contribution is 2.23. The first-order valence-electron chi connectivity index (χ1n) is 21.3. The number of esters is 1. The second kappa shape index (κ2) is 26.6. The van der Waals surface area contributed by atoms with Gasteiger partial charge < -0.3 is 25.2 Å². The summed E-state index contributed by atoms with van der Waals surface area (Å²) in [5.74, 6) is -3.23. The predicted octanol–water partition coefficient (Wildman–Crippen LogP) is 5.96. The fourth-order valence-electron chi connectivity index (χ4n) is 7.14. The summed E-state index contributed by atoms with van der Waals surface area (Å²) in [5.41, 5.74) is 0.327. The molecule has 5 N–H and O–H groups in total. The molecule has 0 aliphatic carbocycles. The number of hydroxylamine groups is 4. The highest BCUT2D eigenvalue weighted by molar-refractivity contribution is 6.00. The Balaban J connectivity index is 1.66. The summed E-state index contributed by atoms with van der Waals surface area (Å²) >= 11 is 0. The number of carbonyl (C=O) groups excluding carboxylic acids is 5. The number of unbranched alkanes of at least 4 members (excludes halogenated alkanes) is 13. The van der Waals surface area contributed by atoms with Gasteiger partial charge in [0.15, 0.2) is 6.04 Å². The van der Waals surface area contributed by atoms with Crippen molar-refractivity contribution in [2.75, 3.05) is 19.7 Å². The maximum Gasteiger partial charge on any atom is 0.328 e. The minimum atomic E-state index is -1.15. The predicted molar refractivity (Wildman–Crippen MR) is 213 cm³/mol. The summed E-state index contributed by atoms with van der Waals surface area (Å²) in [6.45, 7) is 3.97. The Morgan fingerprint density at radius 1 is 0.965 bits per heavy atom. The standard InChI is InChI=1S/C42H67N5O10/c1-3-4-5-6-7-8-9-10-11-12-13-14-15-26-37(31(2)38(50)43-33-23-19-21-28-47(55)41(33)52)57-42(53)34(24-18-20-27-46(54)30-48)44-39(51)35-29-56-40(45-35)32-22-16-17-25-36(32)49/h16-17,22,25,30-31,33-35,37,49,54-55H,3-15,18-21,23-24,26-29H2,1-2H3,(H,43,50)(H,44,51)/t31?,33?,34-,35?,37?/m0/s1. The van der Waals surface area contributed by atoms with Crippen LogP contribution in [0, 0.1) is 5.92 Å². The van der Waals surface area contributed by atoms with Crippen molar-refractivity contribution in [3.8, 4) is 5.75 Å². The van der Waals surface area contributed by atoms with E-state index in [-0.39, 0.29) is 44.2 Å². The summed E-state index contributed by atoms with van der Waals surface area (Å²) in [6.07, 6.45) is 17.3. The molecule has 0 aromatic heterocycles. The molecule has 320 valence electrons. The van der Waals surface area contributed by atoms with Gasteiger partial charge in [0, 0.05) is 13.1 Å². The van der Waals surface area contributed by atoms with Crippen molar-refractivity contribution in [1.29, 1.82) is 0 Å². The van der Waals surface area contributed by atoms with Crippen LogP contribution in [0.5, 0.6) is 5.75 Å². The lowest BCUT2D eigenvalue weighted by Gasteiger charge is -2.28. The third kappa shape index (κ3) is 17.0. The second-order valence-corrected chi connectivity index (χ2v) is 15.4. The summed E-state index contributed by atoms with van der Waals surface area (Å²) in [4.78, 5) is 68.9. The van der Waals surface area contributed by atoms with Crippen LogP contribution in [0.1, 0.15) is 148 Å². The van der Waals surface area contributed by atoms with Gasteiger partial charge in [-0.15, -0.1) is 0 Å². The third-order valence-electron chi connectivity index (χ3n) is 10.8. The first-order valence-corrected chi connectivity index (χ1v) is 21.3. The van der Waals surface area contributed by atoms with Crippen molar-refractivity contribution in [2.45, 2.75) is 166 Å². The van der Waals surface area contributed by atoms with Gasteiger partial charge in [-0.3, -0.25) is 29.6 Å². The van der Waals surface area contributed by atoms with E-state index in [0.717, 1.165) is 25.7 Å². The van der Waals surface area contributed by atoms with Crippen LogP contribution in [0.4, 0.5) is 0 Å². The highest BCUT2D eigenvalue weighted by Gasteiger charge is 2.36. The monoisotopic (exact) mass is 801 g/mol. The van der Waals surface area contributed by atoms with Crippen LogP contribution < -0.4 is 10.6 Å². The topological polar surface area (TPSA) is 207 Å². The van der Waals surface area contributed by atoms with Gasteiger partial charge in [0.2, 0.25) is 24.1 Å². The number of amides is 4. The molecule has 1 aromatic rings. The highest BCUT2D eigenvalue weighted by atomic mass is 16.5. The van der Waals surface area contributed by atoms with E-state index in [4.69, 9.17) is 9.47 Å². The summed E-state index contributed by atoms with van der Waals surface area (Å²) in [5, 5.41) is 36.5. The molecule has 4 unspecified atom stereocenters. The van der Waals surface area contributed by atoms with Crippen molar-refractivity contribution < 1.29 is 49.0 Å². The largest absolute Gasteiger partial charge is 0.507 e. The fourth-order valence-corrected chi connectivity index (χ4v) is 7.14. The number of phenols is 1. The maximum atomic E-state index is 13.9. The van der Waals surface area contributed by atoms with E-state index in [9.17, 15) is 39.5 Å². The average molecular weight is 802 g/mol. The molecule has 0 radical (unpaired) electrons. The molecule has 1 aromatic carbocycles. The van der Waals surface area contributed by atoms with Gasteiger partial charge in [0.1, 0.15) is 30.5 Å². The number of hydrogen-bond donors (Lipinski definition) is 5. The van der Waals surface area contributed by atoms with Gasteiger partial charge in [-0.05, 0) is 63.5 Å². The van der Waals surface area contributed by atoms with Crippen LogP contribution >= 0.6 is 0 Å². The van der Waals surface area contributed by atoms with Crippen LogP contribution in [0.3, 0.4) is 0 Å². The van der Waals surface area contributed by atoms with E-state index in [2.05, 4.69) is 22.5 Å². The van der Waals surface area contributed by atoms with Gasteiger partial charge >= 0.3 is 5.97 Å². The molecule has 0 spiro atoms. The van der Waals surface area contributed by atoms with Crippen LogP contribution in [0.25, 0.3) is 0 Å². The lowest BCUT2D eigenvalue weighted by atomic mass is 9.96. The molecule has 2 aliphatic heterocycles. The Kier molecular flexibility index (Phi) is 22.0. The SMILES string of the molecule is CCCCCCCCCCCCCCCC(OC(=O)[C@H](CCCCN(O)C=O)NC(=O)C1COC(c2ccccc2O)=N1)C(C)C(=O)NC1CCCCN(O)C1=O. The van der Waals surface area contributed by atoms with Gasteiger partial charge in [-0.25, -0.2) is 19.9 Å². The molecule has 3 rings (SSSR count). The van der Waals surface area contributed by atoms with Gasteiger partial charge in [0.05, 0.1) is 11.5 Å². The van der Waals surface area contributed by atoms with Crippen molar-refractivity contribution in [3.05, 3.63) is 29.8 Å². The molecule has 4 amide bonds. The van der Waals surface area contributed by atoms with Crippen molar-refractivity contribution in [1.82, 2.24) is 20.8 Å². The van der Waals surface area contributed by atoms with Crippen LogP contribution in [-0.2, 0) is 33.4 Å². The van der Waals surface area contributed by atoms with E-state index < -0.39 is 53.8 Å². The molecule has 0 saturated carbocycles. The minimum Gasteiger partial charge on any atom is -0.507 e. The molecule has 2 aliphatic rings. The Morgan fingerprint density at radius 2 is 1.60 bits per heavy atom. The zero-order valence-electron chi connectivity index (χ0n) is 34.1. The van der Waals surface area contributed by atoms with Gasteiger partial charge in [-0.2, -0.15) is 0 Å². The molecule has 1 fully saturated rings. The molecule has 2 heterocycles. The fraction of sp³-hybridized carbons (Fsp3) is 0.714. The zero-order valence-corrected chi connectivity index (χ0v) is 34.1. The van der Waals surface area contributed by atoms with Gasteiger partial charge in [0.25, 0.3) is 5.91 Å². The second-order valence-electron chi connectivity index (χ2n) is 15.4. The number of rotatable bonds is 28. The number of ether oxygens (including phenoxy) is 2. The molecule has 0 bridgehead atoms. The third-order valence-corrected chi connectivity index (χ3v) is 10.8. The van der Waals surface area contributed by atoms with E-state index >= 15 is 0 Å². The van der Waals surface area contributed by atoms with Crippen molar-refractivity contribution in [2.24, 2.45) is 10.9 Å². The van der Waals surface area contributed by atoms with E-state index in [0.29, 0.717) is 60.6 Å². The van der Waals surface area contributed by atoms with E-state index in [1.54, 1.807) is 25.1 Å². The minimum absolute atomic E-state index is 0.0218. The summed E-state index contributed by atoms with van der Waals surface area (Å²) in [6, 6.07) is 3.37. The Labute approximate surface area is 337 Å². The van der Waals surface area contributed by atoms with Crippen LogP contribution in [0.2, 0.25) is 0 Å². The Morgan fingerprint density at radius 3 is 2.25 bits per heavy atom. The molecule has 1 saturated heterocycles. The number of nitrogens with zero attached hydrogens (tertiary/aromatic N) is 3. The number of aromatic hydroxyl groups is 1. The summed E-state index contributed by atoms with van der Waals surface area (Å²) < 4.78 is 11.7. The van der Waals surface area contributed by atoms with Crippen molar-refractivity contribution in [3.63, 3.8) is 0 Å². The first kappa shape index (κ1) is 47.1. The smallest absolute Gasteiger partial charge is 0.328 e. The molecule has 57 heavy (non-hydrogen) atoms. The van der Waals surface area contributed by atoms with Crippen molar-refractivity contribution >= 4 is 36.0 Å². The first-order chi connectivity index (χ1) is 27.5. The molecular formula is C42H67N5O10. The lowest BCUT2D eigenvalue weighted by Crippen LogP contribution is -2.51. The van der Waals surface area contributed by atoms with Crippen LogP contribution in [0.15, 0.2) is 29.3 Å². The number of hydrogen-bond acceptors (Lipinski definition) is 11. The van der Waals surface area contributed by atoms with Crippen LogP contribution in [-0.4, -0.2) is 106 Å². The Hall–Kier alpha value is -4.24. The van der Waals surface area contributed by atoms with Gasteiger partial charge in [-0.1, -0.05) is 103 Å². The molecule has 5 atom stereocenters. The molecule has 15 nitrogen and oxygen atoms in total. The molecular weight excluding hydrogens is 734 g/mol. The number of para-hydroxylation sites is 1. The zero-order chi connectivity index (χ0) is 41.4. The quantitative estimate of drug-likeness (QED) is 0.0221. The lowest BCUT2D eigenvalue weighted by molar-refractivity contribution is -0.167. The summed E-state index contributed by atoms with van der Waals surface area (Å²) in [7, 11) is 0. The number of phenolic OH excluding ortho intramolecular Hbond substituents is 1. The van der Waals surface area contributed by atoms with E-state index in [1.165, 1.54) is 57.4 Å².